The maximum atomic E-state index is 12.8. The molecule has 0 saturated carbocycles. The quantitative estimate of drug-likeness (QED) is 0.822. The van der Waals surface area contributed by atoms with Crippen molar-refractivity contribution in [1.29, 1.82) is 0 Å². The Balaban J connectivity index is 1.78. The van der Waals surface area contributed by atoms with Crippen molar-refractivity contribution in [2.24, 2.45) is 0 Å². The maximum absolute atomic E-state index is 12.8. The standard InChI is InChI=1S/C15H20N2O5S/c1-2-15(18)16-6-3-7-17(9-8-16)23(19,20)12-4-5-13-14(10-12)22-11-21-13/h4-5,10H,2-3,6-9,11H2,1H3. The Morgan fingerprint density at radius 1 is 1.13 bits per heavy atom. The van der Waals surface area contributed by atoms with Crippen molar-refractivity contribution in [1.82, 2.24) is 9.21 Å². The first kappa shape index (κ1) is 16.1. The number of carbonyl (C=O) groups excluding carboxylic acids is 1. The van der Waals surface area contributed by atoms with Crippen LogP contribution in [0.25, 0.3) is 0 Å². The van der Waals surface area contributed by atoms with Gasteiger partial charge in [0.15, 0.2) is 11.5 Å². The van der Waals surface area contributed by atoms with Gasteiger partial charge in [-0.2, -0.15) is 4.31 Å². The summed E-state index contributed by atoms with van der Waals surface area (Å²) in [6, 6.07) is 4.64. The van der Waals surface area contributed by atoms with Crippen LogP contribution in [0.4, 0.5) is 0 Å². The average molecular weight is 340 g/mol. The van der Waals surface area contributed by atoms with Crippen molar-refractivity contribution < 1.29 is 22.7 Å². The summed E-state index contributed by atoms with van der Waals surface area (Å²) in [7, 11) is -3.60. The van der Waals surface area contributed by atoms with Gasteiger partial charge in [0.05, 0.1) is 4.90 Å². The topological polar surface area (TPSA) is 76.2 Å². The third-order valence-corrected chi connectivity index (χ3v) is 5.99. The summed E-state index contributed by atoms with van der Waals surface area (Å²) in [6.45, 7) is 3.66. The molecule has 0 spiro atoms. The molecule has 0 unspecified atom stereocenters. The molecule has 1 saturated heterocycles. The minimum atomic E-state index is -3.60. The lowest BCUT2D eigenvalue weighted by Crippen LogP contribution is -2.37. The van der Waals surface area contributed by atoms with Crippen LogP contribution in [0.1, 0.15) is 19.8 Å². The Morgan fingerprint density at radius 2 is 1.91 bits per heavy atom. The average Bonchev–Trinajstić information content (AvgIpc) is 2.87. The Hall–Kier alpha value is -1.80. The monoisotopic (exact) mass is 340 g/mol. The molecule has 0 atom stereocenters. The van der Waals surface area contributed by atoms with E-state index in [2.05, 4.69) is 0 Å². The number of rotatable bonds is 3. The van der Waals surface area contributed by atoms with Gasteiger partial charge in [-0.05, 0) is 18.6 Å². The third-order valence-electron chi connectivity index (χ3n) is 4.09. The van der Waals surface area contributed by atoms with E-state index in [0.717, 1.165) is 0 Å². The molecule has 0 aliphatic carbocycles. The van der Waals surface area contributed by atoms with Crippen LogP contribution in [0.5, 0.6) is 11.5 Å². The van der Waals surface area contributed by atoms with E-state index >= 15 is 0 Å². The fourth-order valence-corrected chi connectivity index (χ4v) is 4.28. The van der Waals surface area contributed by atoms with Crippen molar-refractivity contribution in [2.45, 2.75) is 24.7 Å². The van der Waals surface area contributed by atoms with Crippen LogP contribution >= 0.6 is 0 Å². The van der Waals surface area contributed by atoms with Crippen LogP contribution in [-0.4, -0.2) is 56.5 Å². The molecule has 8 heteroatoms. The summed E-state index contributed by atoms with van der Waals surface area (Å²) in [5, 5.41) is 0. The normalized spacial score (nSPS) is 18.7. The molecule has 1 aromatic carbocycles. The van der Waals surface area contributed by atoms with Crippen molar-refractivity contribution in [3.8, 4) is 11.5 Å². The number of amides is 1. The van der Waals surface area contributed by atoms with Gasteiger partial charge in [-0.1, -0.05) is 6.92 Å². The second-order valence-corrected chi connectivity index (χ2v) is 7.44. The van der Waals surface area contributed by atoms with Gasteiger partial charge in [0.1, 0.15) is 0 Å². The van der Waals surface area contributed by atoms with E-state index in [9.17, 15) is 13.2 Å². The predicted molar refractivity (Wildman–Crippen MR) is 82.8 cm³/mol. The zero-order valence-electron chi connectivity index (χ0n) is 13.0. The Bertz CT molecular complexity index is 704. The SMILES string of the molecule is CCC(=O)N1CCCN(S(=O)(=O)c2ccc3c(c2)OCO3)CC1. The van der Waals surface area contributed by atoms with Crippen LogP contribution in [0.15, 0.2) is 23.1 Å². The fraction of sp³-hybridized carbons (Fsp3) is 0.533. The van der Waals surface area contributed by atoms with Gasteiger partial charge >= 0.3 is 0 Å². The van der Waals surface area contributed by atoms with Crippen LogP contribution in [0, 0.1) is 0 Å². The lowest BCUT2D eigenvalue weighted by Gasteiger charge is -2.21. The van der Waals surface area contributed by atoms with Crippen molar-refractivity contribution >= 4 is 15.9 Å². The highest BCUT2D eigenvalue weighted by Crippen LogP contribution is 2.34. The van der Waals surface area contributed by atoms with E-state index in [-0.39, 0.29) is 17.6 Å². The van der Waals surface area contributed by atoms with Gasteiger partial charge in [0.2, 0.25) is 22.7 Å². The smallest absolute Gasteiger partial charge is 0.243 e. The minimum absolute atomic E-state index is 0.0623. The molecule has 0 bridgehead atoms. The maximum Gasteiger partial charge on any atom is 0.243 e. The van der Waals surface area contributed by atoms with Gasteiger partial charge in [-0.25, -0.2) is 8.42 Å². The minimum Gasteiger partial charge on any atom is -0.454 e. The highest BCUT2D eigenvalue weighted by molar-refractivity contribution is 7.89. The number of nitrogens with zero attached hydrogens (tertiary/aromatic N) is 2. The lowest BCUT2D eigenvalue weighted by molar-refractivity contribution is -0.130. The molecule has 7 nitrogen and oxygen atoms in total. The summed E-state index contributed by atoms with van der Waals surface area (Å²) in [5.74, 6) is 1.07. The van der Waals surface area contributed by atoms with Gasteiger partial charge in [0, 0.05) is 38.7 Å². The molecule has 2 heterocycles. The number of benzene rings is 1. The van der Waals surface area contributed by atoms with Gasteiger partial charge in [-0.15, -0.1) is 0 Å². The molecule has 1 aromatic rings. The lowest BCUT2D eigenvalue weighted by atomic mass is 10.3. The number of carbonyl (C=O) groups is 1. The number of fused-ring (bicyclic) bond motifs is 1. The molecule has 3 rings (SSSR count). The molecule has 0 N–H and O–H groups in total. The fourth-order valence-electron chi connectivity index (χ4n) is 2.79. The van der Waals surface area contributed by atoms with E-state index in [4.69, 9.17) is 9.47 Å². The van der Waals surface area contributed by atoms with E-state index in [0.29, 0.717) is 50.5 Å². The van der Waals surface area contributed by atoms with Gasteiger partial charge < -0.3 is 14.4 Å². The van der Waals surface area contributed by atoms with Crippen LogP contribution in [-0.2, 0) is 14.8 Å². The van der Waals surface area contributed by atoms with Crippen molar-refractivity contribution in [2.75, 3.05) is 33.0 Å². The molecule has 1 fully saturated rings. The highest BCUT2D eigenvalue weighted by Gasteiger charge is 2.29. The second-order valence-electron chi connectivity index (χ2n) is 5.51. The molecule has 23 heavy (non-hydrogen) atoms. The summed E-state index contributed by atoms with van der Waals surface area (Å²) < 4.78 is 37.5. The summed E-state index contributed by atoms with van der Waals surface area (Å²) in [6.07, 6.45) is 1.07. The number of hydrogen-bond donors (Lipinski definition) is 0. The first-order chi connectivity index (χ1) is 11.0. The van der Waals surface area contributed by atoms with E-state index in [1.165, 1.54) is 16.4 Å². The molecule has 1 amide bonds. The van der Waals surface area contributed by atoms with Gasteiger partial charge in [0.25, 0.3) is 0 Å². The highest BCUT2D eigenvalue weighted by atomic mass is 32.2. The van der Waals surface area contributed by atoms with Crippen molar-refractivity contribution in [3.63, 3.8) is 0 Å². The van der Waals surface area contributed by atoms with E-state index in [1.54, 1.807) is 11.0 Å². The second kappa shape index (κ2) is 6.37. The first-order valence-corrected chi connectivity index (χ1v) is 9.14. The van der Waals surface area contributed by atoms with E-state index < -0.39 is 10.0 Å². The third kappa shape index (κ3) is 3.13. The zero-order chi connectivity index (χ0) is 16.4. The molecule has 2 aliphatic rings. The molecule has 2 aliphatic heterocycles. The molecular weight excluding hydrogens is 320 g/mol. The summed E-state index contributed by atoms with van der Waals surface area (Å²) in [5.41, 5.74) is 0. The predicted octanol–water partition coefficient (Wildman–Crippen LogP) is 1.05. The van der Waals surface area contributed by atoms with E-state index in [1.807, 2.05) is 6.92 Å². The zero-order valence-corrected chi connectivity index (χ0v) is 13.8. The Kier molecular flexibility index (Phi) is 4.45. The number of hydrogen-bond acceptors (Lipinski definition) is 5. The summed E-state index contributed by atoms with van der Waals surface area (Å²) in [4.78, 5) is 13.7. The van der Waals surface area contributed by atoms with Gasteiger partial charge in [-0.3, -0.25) is 4.79 Å². The van der Waals surface area contributed by atoms with Crippen LogP contribution < -0.4 is 9.47 Å². The largest absolute Gasteiger partial charge is 0.454 e. The number of ether oxygens (including phenoxy) is 2. The van der Waals surface area contributed by atoms with Crippen LogP contribution in [0.2, 0.25) is 0 Å². The van der Waals surface area contributed by atoms with Crippen LogP contribution in [0.3, 0.4) is 0 Å². The molecule has 0 aromatic heterocycles. The first-order valence-electron chi connectivity index (χ1n) is 7.70. The Labute approximate surface area is 135 Å². The molecule has 126 valence electrons. The summed E-state index contributed by atoms with van der Waals surface area (Å²) >= 11 is 0. The number of sulfonamides is 1. The molecular formula is C15H20N2O5S. The molecule has 0 radical (unpaired) electrons. The Morgan fingerprint density at radius 3 is 2.70 bits per heavy atom. The van der Waals surface area contributed by atoms with Crippen molar-refractivity contribution in [3.05, 3.63) is 18.2 Å².